The Kier molecular flexibility index (Phi) is 2.92. The van der Waals surface area contributed by atoms with E-state index in [1.54, 1.807) is 19.3 Å². The normalized spacial score (nSPS) is 13.0. The Labute approximate surface area is 72.9 Å². The summed E-state index contributed by atoms with van der Waals surface area (Å²) in [6.07, 6.45) is 3.04. The predicted octanol–water partition coefficient (Wildman–Crippen LogP) is 1.19. The van der Waals surface area contributed by atoms with Gasteiger partial charge in [-0.05, 0) is 22.9 Å². The maximum Gasteiger partial charge on any atom is 0.158 e. The highest BCUT2D eigenvalue weighted by Gasteiger charge is 2.05. The lowest BCUT2D eigenvalue weighted by molar-refractivity contribution is 0.0601. The molecule has 5 heteroatoms. The minimum absolute atomic E-state index is 0.261. The number of rotatable bonds is 2. The van der Waals surface area contributed by atoms with Gasteiger partial charge < -0.3 is 0 Å². The van der Waals surface area contributed by atoms with Gasteiger partial charge in [0, 0.05) is 12.4 Å². The van der Waals surface area contributed by atoms with Crippen LogP contribution in [0.4, 0.5) is 0 Å². The molecule has 0 aliphatic heterocycles. The summed E-state index contributed by atoms with van der Waals surface area (Å²) in [6, 6.07) is 0. The van der Waals surface area contributed by atoms with E-state index in [-0.39, 0.29) is 6.10 Å². The summed E-state index contributed by atoms with van der Waals surface area (Å²) in [6.45, 7) is 1.78. The molecule has 0 fully saturated rings. The van der Waals surface area contributed by atoms with Crippen molar-refractivity contribution in [3.8, 4) is 0 Å². The van der Waals surface area contributed by atoms with E-state index in [2.05, 4.69) is 30.7 Å². The number of nitrogens with zero attached hydrogens (tertiary/aromatic N) is 2. The molecular formula is C6H8BrN3O. The van der Waals surface area contributed by atoms with Crippen molar-refractivity contribution in [1.29, 1.82) is 0 Å². The third kappa shape index (κ3) is 2.21. The average Bonchev–Trinajstić information content (AvgIpc) is 2.05. The van der Waals surface area contributed by atoms with Crippen LogP contribution in [0.15, 0.2) is 16.9 Å². The number of hydrogen-bond donors (Lipinski definition) is 1. The van der Waals surface area contributed by atoms with Crippen molar-refractivity contribution in [2.75, 3.05) is 0 Å². The monoisotopic (exact) mass is 217 g/mol. The van der Waals surface area contributed by atoms with Crippen LogP contribution in [0.5, 0.6) is 0 Å². The van der Waals surface area contributed by atoms with Crippen molar-refractivity contribution in [3.05, 3.63) is 22.7 Å². The Morgan fingerprint density at radius 3 is 2.55 bits per heavy atom. The molecule has 2 N–H and O–H groups in total. The Morgan fingerprint density at radius 1 is 1.55 bits per heavy atom. The lowest BCUT2D eigenvalue weighted by atomic mass is 10.4. The molecule has 60 valence electrons. The molecule has 11 heavy (non-hydrogen) atoms. The Hall–Kier alpha value is -0.520. The van der Waals surface area contributed by atoms with Gasteiger partial charge in [-0.3, -0.25) is 4.84 Å². The van der Waals surface area contributed by atoms with Crippen LogP contribution >= 0.6 is 15.9 Å². The average molecular weight is 218 g/mol. The quantitative estimate of drug-likeness (QED) is 0.757. The Morgan fingerprint density at radius 2 is 2.09 bits per heavy atom. The molecular weight excluding hydrogens is 210 g/mol. The minimum atomic E-state index is -0.261. The van der Waals surface area contributed by atoms with E-state index in [0.717, 1.165) is 4.47 Å². The van der Waals surface area contributed by atoms with Crippen LogP contribution in [0.25, 0.3) is 0 Å². The van der Waals surface area contributed by atoms with Crippen LogP contribution in [0, 0.1) is 0 Å². The van der Waals surface area contributed by atoms with Crippen molar-refractivity contribution < 1.29 is 4.84 Å². The molecule has 4 nitrogen and oxygen atoms in total. The highest BCUT2D eigenvalue weighted by atomic mass is 79.9. The van der Waals surface area contributed by atoms with Gasteiger partial charge in [-0.25, -0.2) is 15.9 Å². The van der Waals surface area contributed by atoms with Crippen molar-refractivity contribution in [1.82, 2.24) is 9.97 Å². The van der Waals surface area contributed by atoms with E-state index >= 15 is 0 Å². The fourth-order valence-corrected chi connectivity index (χ4v) is 0.798. The third-order valence-corrected chi connectivity index (χ3v) is 1.62. The topological polar surface area (TPSA) is 61.0 Å². The second-order valence-corrected chi connectivity index (χ2v) is 2.95. The minimum Gasteiger partial charge on any atom is -0.293 e. The number of hydrogen-bond acceptors (Lipinski definition) is 4. The molecule has 1 aromatic rings. The van der Waals surface area contributed by atoms with Gasteiger partial charge in [0.2, 0.25) is 0 Å². The van der Waals surface area contributed by atoms with E-state index in [9.17, 15) is 0 Å². The molecule has 0 aromatic carbocycles. The van der Waals surface area contributed by atoms with E-state index in [1.807, 2.05) is 0 Å². The van der Waals surface area contributed by atoms with Crippen molar-refractivity contribution in [2.24, 2.45) is 5.90 Å². The maximum absolute atomic E-state index is 4.95. The molecule has 0 spiro atoms. The molecule has 0 aliphatic carbocycles. The molecule has 1 rings (SSSR count). The molecule has 1 heterocycles. The molecule has 1 aromatic heterocycles. The molecule has 1 unspecified atom stereocenters. The van der Waals surface area contributed by atoms with Gasteiger partial charge in [0.15, 0.2) is 5.82 Å². The molecule has 1 atom stereocenters. The standard InChI is InChI=1S/C6H8BrN3O/c1-4(11-8)6-9-2-5(7)3-10-6/h2-4H,8H2,1H3. The first kappa shape index (κ1) is 8.58. The first-order valence-corrected chi connectivity index (χ1v) is 3.86. The second-order valence-electron chi connectivity index (χ2n) is 2.04. The molecule has 0 amide bonds. The van der Waals surface area contributed by atoms with Crippen molar-refractivity contribution in [3.63, 3.8) is 0 Å². The van der Waals surface area contributed by atoms with Crippen molar-refractivity contribution in [2.45, 2.75) is 13.0 Å². The second kappa shape index (κ2) is 3.75. The van der Waals surface area contributed by atoms with E-state index < -0.39 is 0 Å². The SMILES string of the molecule is CC(ON)c1ncc(Br)cn1. The Balaban J connectivity index is 2.81. The van der Waals surface area contributed by atoms with Gasteiger partial charge in [-0.1, -0.05) is 0 Å². The van der Waals surface area contributed by atoms with E-state index in [4.69, 9.17) is 5.90 Å². The summed E-state index contributed by atoms with van der Waals surface area (Å²) < 4.78 is 0.838. The zero-order valence-corrected chi connectivity index (χ0v) is 7.58. The van der Waals surface area contributed by atoms with Gasteiger partial charge in [0.25, 0.3) is 0 Å². The van der Waals surface area contributed by atoms with Crippen molar-refractivity contribution >= 4 is 15.9 Å². The molecule has 0 aliphatic rings. The predicted molar refractivity (Wildman–Crippen MR) is 43.4 cm³/mol. The Bertz CT molecular complexity index is 226. The number of halogens is 1. The summed E-state index contributed by atoms with van der Waals surface area (Å²) in [5.74, 6) is 5.53. The molecule has 0 bridgehead atoms. The van der Waals surface area contributed by atoms with Crippen LogP contribution in [0.1, 0.15) is 18.9 Å². The first-order valence-electron chi connectivity index (χ1n) is 3.07. The van der Waals surface area contributed by atoms with Gasteiger partial charge in [0.1, 0.15) is 6.10 Å². The van der Waals surface area contributed by atoms with Gasteiger partial charge in [-0.15, -0.1) is 0 Å². The highest BCUT2D eigenvalue weighted by Crippen LogP contribution is 2.11. The zero-order valence-electron chi connectivity index (χ0n) is 5.99. The lowest BCUT2D eigenvalue weighted by Gasteiger charge is -2.05. The summed E-state index contributed by atoms with van der Waals surface area (Å²) >= 11 is 3.22. The molecule has 0 saturated carbocycles. The summed E-state index contributed by atoms with van der Waals surface area (Å²) in [7, 11) is 0. The summed E-state index contributed by atoms with van der Waals surface area (Å²) in [5.41, 5.74) is 0. The maximum atomic E-state index is 4.95. The van der Waals surface area contributed by atoms with Gasteiger partial charge in [-0.2, -0.15) is 0 Å². The van der Waals surface area contributed by atoms with Crippen LogP contribution in [-0.2, 0) is 4.84 Å². The van der Waals surface area contributed by atoms with Gasteiger partial charge in [0.05, 0.1) is 4.47 Å². The number of aromatic nitrogens is 2. The highest BCUT2D eigenvalue weighted by molar-refractivity contribution is 9.10. The van der Waals surface area contributed by atoms with Crippen LogP contribution < -0.4 is 5.90 Å². The fraction of sp³-hybridized carbons (Fsp3) is 0.333. The van der Waals surface area contributed by atoms with Gasteiger partial charge >= 0.3 is 0 Å². The van der Waals surface area contributed by atoms with Crippen LogP contribution in [0.2, 0.25) is 0 Å². The zero-order chi connectivity index (χ0) is 8.27. The third-order valence-electron chi connectivity index (χ3n) is 1.21. The summed E-state index contributed by atoms with van der Waals surface area (Å²) in [5, 5.41) is 0. The lowest BCUT2D eigenvalue weighted by Crippen LogP contribution is -2.08. The van der Waals surface area contributed by atoms with Crippen LogP contribution in [-0.4, -0.2) is 9.97 Å². The van der Waals surface area contributed by atoms with E-state index in [1.165, 1.54) is 0 Å². The van der Waals surface area contributed by atoms with E-state index in [0.29, 0.717) is 5.82 Å². The first-order chi connectivity index (χ1) is 5.24. The molecule has 0 saturated heterocycles. The summed E-state index contributed by atoms with van der Waals surface area (Å²) in [4.78, 5) is 12.5. The fourth-order valence-electron chi connectivity index (χ4n) is 0.593. The molecule has 0 radical (unpaired) electrons. The largest absolute Gasteiger partial charge is 0.293 e. The van der Waals surface area contributed by atoms with Crippen LogP contribution in [0.3, 0.4) is 0 Å². The number of nitrogens with two attached hydrogens (primary N) is 1. The smallest absolute Gasteiger partial charge is 0.158 e.